The molecule has 3 aromatic carbocycles. The van der Waals surface area contributed by atoms with Crippen molar-refractivity contribution in [1.82, 2.24) is 4.98 Å². The van der Waals surface area contributed by atoms with Crippen LogP contribution in [0.3, 0.4) is 0 Å². The molecule has 0 radical (unpaired) electrons. The number of fused-ring (bicyclic) bond motifs is 2. The number of nitrogens with one attached hydrogen (secondary N) is 1. The van der Waals surface area contributed by atoms with Crippen LogP contribution in [-0.4, -0.2) is 11.2 Å². The second-order valence-electron chi connectivity index (χ2n) is 7.03. The van der Waals surface area contributed by atoms with Crippen LogP contribution in [0.15, 0.2) is 77.9 Å². The summed E-state index contributed by atoms with van der Waals surface area (Å²) < 4.78 is 53.2. The molecule has 0 spiro atoms. The largest absolute Gasteiger partial charge is 0.416 e. The molecule has 0 atom stereocenters. The quantitative estimate of drug-likeness (QED) is 0.347. The summed E-state index contributed by atoms with van der Waals surface area (Å²) in [5.74, 6) is -0.401. The summed E-state index contributed by atoms with van der Waals surface area (Å²) in [4.78, 5) is 7.58. The van der Waals surface area contributed by atoms with Gasteiger partial charge >= 0.3 is 6.18 Å². The molecule has 0 bridgehead atoms. The Morgan fingerprint density at radius 1 is 0.900 bits per heavy atom. The van der Waals surface area contributed by atoms with Gasteiger partial charge in [0.05, 0.1) is 11.3 Å². The average molecular weight is 406 g/mol. The molecule has 6 heteroatoms. The molecule has 0 unspecified atom stereocenters. The lowest BCUT2D eigenvalue weighted by Gasteiger charge is -2.13. The minimum Gasteiger partial charge on any atom is -0.361 e. The fraction of sp³-hybridized carbons (Fsp3) is 0.0417. The first-order valence-electron chi connectivity index (χ1n) is 9.24. The number of H-pyrrole nitrogens is 1. The number of aromatic nitrogens is 1. The third kappa shape index (κ3) is 3.01. The Bertz CT molecular complexity index is 1330. The maximum atomic E-state index is 14.0. The van der Waals surface area contributed by atoms with Gasteiger partial charge in [-0.1, -0.05) is 30.3 Å². The van der Waals surface area contributed by atoms with Crippen molar-refractivity contribution in [2.75, 3.05) is 0 Å². The monoisotopic (exact) mass is 406 g/mol. The lowest BCUT2D eigenvalue weighted by molar-refractivity contribution is -0.137. The molecular weight excluding hydrogens is 392 g/mol. The van der Waals surface area contributed by atoms with Crippen LogP contribution < -0.4 is 0 Å². The van der Waals surface area contributed by atoms with Gasteiger partial charge in [0.15, 0.2) is 0 Å². The average Bonchev–Trinajstić information content (AvgIpc) is 3.33. The molecule has 0 fully saturated rings. The molecule has 0 amide bonds. The van der Waals surface area contributed by atoms with E-state index in [-0.39, 0.29) is 0 Å². The van der Waals surface area contributed by atoms with Gasteiger partial charge < -0.3 is 4.98 Å². The highest BCUT2D eigenvalue weighted by atomic mass is 19.4. The Labute approximate surface area is 169 Å². The topological polar surface area (TPSA) is 28.1 Å². The van der Waals surface area contributed by atoms with Gasteiger partial charge in [0.25, 0.3) is 0 Å². The van der Waals surface area contributed by atoms with E-state index < -0.39 is 17.6 Å². The van der Waals surface area contributed by atoms with Gasteiger partial charge in [-0.15, -0.1) is 0 Å². The first-order chi connectivity index (χ1) is 14.4. The standard InChI is InChI=1S/C24H14F4N2/c25-16-9-10-22-18(11-16)20(13-30-22)23(14-5-7-15(8-6-14)24(26,27)28)19-12-29-21-4-2-1-3-17(19)21/h1-13,29H/b23-20+. The van der Waals surface area contributed by atoms with Gasteiger partial charge in [0.1, 0.15) is 5.82 Å². The Morgan fingerprint density at radius 2 is 1.67 bits per heavy atom. The first-order valence-corrected chi connectivity index (χ1v) is 9.24. The molecule has 1 aliphatic rings. The molecule has 0 aliphatic carbocycles. The summed E-state index contributed by atoms with van der Waals surface area (Å²) in [7, 11) is 0. The fourth-order valence-corrected chi connectivity index (χ4v) is 3.80. The molecule has 5 rings (SSSR count). The van der Waals surface area contributed by atoms with Gasteiger partial charge in [-0.2, -0.15) is 13.2 Å². The highest BCUT2D eigenvalue weighted by molar-refractivity contribution is 6.27. The van der Waals surface area contributed by atoms with Gasteiger partial charge in [-0.05, 0) is 42.0 Å². The zero-order chi connectivity index (χ0) is 20.9. The number of benzene rings is 3. The molecule has 30 heavy (non-hydrogen) atoms. The summed E-state index contributed by atoms with van der Waals surface area (Å²) in [6.45, 7) is 0. The summed E-state index contributed by atoms with van der Waals surface area (Å²) in [5.41, 5.74) is 4.15. The normalized spacial score (nSPS) is 14.9. The lowest BCUT2D eigenvalue weighted by Crippen LogP contribution is -2.04. The molecule has 1 aliphatic heterocycles. The van der Waals surface area contributed by atoms with Crippen molar-refractivity contribution >= 4 is 34.0 Å². The van der Waals surface area contributed by atoms with E-state index in [1.165, 1.54) is 24.3 Å². The number of rotatable bonds is 2. The molecule has 1 aromatic heterocycles. The van der Waals surface area contributed by atoms with E-state index >= 15 is 0 Å². The first kappa shape index (κ1) is 18.4. The Balaban J connectivity index is 1.79. The van der Waals surface area contributed by atoms with E-state index in [1.807, 2.05) is 30.5 Å². The zero-order valence-corrected chi connectivity index (χ0v) is 15.5. The highest BCUT2D eigenvalue weighted by Crippen LogP contribution is 2.42. The molecule has 4 aromatic rings. The molecule has 1 N–H and O–H groups in total. The highest BCUT2D eigenvalue weighted by Gasteiger charge is 2.30. The van der Waals surface area contributed by atoms with Gasteiger partial charge in [-0.25, -0.2) is 4.39 Å². The van der Waals surface area contributed by atoms with Crippen LogP contribution in [0.1, 0.15) is 22.3 Å². The van der Waals surface area contributed by atoms with Gasteiger partial charge in [-0.3, -0.25) is 4.99 Å². The summed E-state index contributed by atoms with van der Waals surface area (Å²) in [6, 6.07) is 17.0. The van der Waals surface area contributed by atoms with Crippen LogP contribution in [0.5, 0.6) is 0 Å². The number of halogens is 4. The van der Waals surface area contributed by atoms with Crippen LogP contribution in [0.2, 0.25) is 0 Å². The summed E-state index contributed by atoms with van der Waals surface area (Å²) >= 11 is 0. The third-order valence-electron chi connectivity index (χ3n) is 5.21. The number of aliphatic imine (C=N–C) groups is 1. The molecule has 0 saturated heterocycles. The predicted octanol–water partition coefficient (Wildman–Crippen LogP) is 7.00. The fourth-order valence-electron chi connectivity index (χ4n) is 3.80. The van der Waals surface area contributed by atoms with E-state index in [1.54, 1.807) is 12.3 Å². The van der Waals surface area contributed by atoms with E-state index in [4.69, 9.17) is 0 Å². The number of para-hydroxylation sites is 1. The smallest absolute Gasteiger partial charge is 0.361 e. The van der Waals surface area contributed by atoms with E-state index in [0.717, 1.165) is 28.6 Å². The number of aromatic amines is 1. The molecule has 148 valence electrons. The van der Waals surface area contributed by atoms with E-state index in [0.29, 0.717) is 28.0 Å². The van der Waals surface area contributed by atoms with Crippen LogP contribution in [-0.2, 0) is 6.18 Å². The minimum absolute atomic E-state index is 0.401. The van der Waals surface area contributed by atoms with Crippen LogP contribution >= 0.6 is 0 Å². The number of allylic oxidation sites excluding steroid dienone is 1. The molecule has 0 saturated carbocycles. The van der Waals surface area contributed by atoms with Crippen molar-refractivity contribution in [2.24, 2.45) is 4.99 Å². The Hall–Kier alpha value is -3.67. The number of hydrogen-bond acceptors (Lipinski definition) is 1. The van der Waals surface area contributed by atoms with Crippen LogP contribution in [0.25, 0.3) is 22.0 Å². The van der Waals surface area contributed by atoms with Crippen LogP contribution in [0, 0.1) is 5.82 Å². The molecular formula is C24H14F4N2. The Morgan fingerprint density at radius 3 is 2.43 bits per heavy atom. The summed E-state index contributed by atoms with van der Waals surface area (Å²) in [5, 5.41) is 0.915. The lowest BCUT2D eigenvalue weighted by atomic mass is 9.89. The van der Waals surface area contributed by atoms with Crippen molar-refractivity contribution in [3.8, 4) is 0 Å². The SMILES string of the molecule is Fc1ccc2c(c1)/C(=C(\c1ccc(C(F)(F)F)cc1)c1c[nH]c3ccccc13)C=N2. The van der Waals surface area contributed by atoms with Gasteiger partial charge in [0.2, 0.25) is 0 Å². The van der Waals surface area contributed by atoms with Crippen molar-refractivity contribution in [3.63, 3.8) is 0 Å². The maximum Gasteiger partial charge on any atom is 0.416 e. The van der Waals surface area contributed by atoms with Crippen molar-refractivity contribution in [3.05, 3.63) is 101 Å². The Kier molecular flexibility index (Phi) is 4.10. The minimum atomic E-state index is -4.42. The zero-order valence-electron chi connectivity index (χ0n) is 15.5. The van der Waals surface area contributed by atoms with Crippen LogP contribution in [0.4, 0.5) is 23.2 Å². The van der Waals surface area contributed by atoms with Crippen molar-refractivity contribution in [1.29, 1.82) is 0 Å². The number of alkyl halides is 3. The molecule has 2 nitrogen and oxygen atoms in total. The number of hydrogen-bond donors (Lipinski definition) is 1. The number of nitrogens with zero attached hydrogens (tertiary/aromatic N) is 1. The third-order valence-corrected chi connectivity index (χ3v) is 5.21. The second-order valence-corrected chi connectivity index (χ2v) is 7.03. The molecule has 2 heterocycles. The van der Waals surface area contributed by atoms with Crippen molar-refractivity contribution in [2.45, 2.75) is 6.18 Å². The second kappa shape index (κ2) is 6.69. The predicted molar refractivity (Wildman–Crippen MR) is 110 cm³/mol. The van der Waals surface area contributed by atoms with E-state index in [9.17, 15) is 17.6 Å². The maximum absolute atomic E-state index is 14.0. The van der Waals surface area contributed by atoms with Crippen molar-refractivity contribution < 1.29 is 17.6 Å². The summed E-state index contributed by atoms with van der Waals surface area (Å²) in [6.07, 6.45) is -0.966. The van der Waals surface area contributed by atoms with Gasteiger partial charge in [0, 0.05) is 45.6 Å². The van der Waals surface area contributed by atoms with E-state index in [2.05, 4.69) is 9.98 Å².